The zero-order valence-corrected chi connectivity index (χ0v) is 11.3. The molecule has 1 aliphatic rings. The molecule has 17 heavy (non-hydrogen) atoms. The lowest BCUT2D eigenvalue weighted by atomic mass is 10.0. The van der Waals surface area contributed by atoms with Crippen molar-refractivity contribution in [1.82, 2.24) is 0 Å². The predicted molar refractivity (Wildman–Crippen MR) is 71.5 cm³/mol. The van der Waals surface area contributed by atoms with Gasteiger partial charge in [0, 0.05) is 23.4 Å². The van der Waals surface area contributed by atoms with Gasteiger partial charge in [0.2, 0.25) is 0 Å². The maximum atomic E-state index is 6.05. The van der Waals surface area contributed by atoms with Gasteiger partial charge in [0.25, 0.3) is 0 Å². The fourth-order valence-corrected chi connectivity index (χ4v) is 2.95. The van der Waals surface area contributed by atoms with Crippen LogP contribution in [-0.4, -0.2) is 26.7 Å². The van der Waals surface area contributed by atoms with E-state index in [0.29, 0.717) is 6.04 Å². The molecular weight excluding hydrogens is 232 g/mol. The number of likely N-dealkylation sites (tertiary alicyclic amines) is 1. The van der Waals surface area contributed by atoms with E-state index in [1.165, 1.54) is 44.5 Å². The number of nitrogens with two attached hydrogens (primary N) is 1. The molecule has 3 N–H and O–H groups in total. The van der Waals surface area contributed by atoms with E-state index >= 15 is 0 Å². The molecule has 94 valence electrons. The number of benzene rings is 1. The smallest absolute Gasteiger partial charge is 0.117 e. The molecule has 0 aliphatic carbocycles. The summed E-state index contributed by atoms with van der Waals surface area (Å²) in [4.78, 5) is 1.78. The van der Waals surface area contributed by atoms with E-state index in [2.05, 4.69) is 30.6 Å². The molecule has 0 radical (unpaired) electrons. The van der Waals surface area contributed by atoms with Crippen LogP contribution in [0.1, 0.15) is 30.9 Å². The van der Waals surface area contributed by atoms with Gasteiger partial charge in [-0.1, -0.05) is 23.7 Å². The van der Waals surface area contributed by atoms with Crippen molar-refractivity contribution < 1.29 is 10.2 Å². The molecule has 3 heteroatoms. The Morgan fingerprint density at radius 2 is 2.12 bits per heavy atom. The molecule has 1 atom stereocenters. The summed E-state index contributed by atoms with van der Waals surface area (Å²) in [6.07, 6.45) is 4.06. The predicted octanol–water partition coefficient (Wildman–Crippen LogP) is 0.643. The van der Waals surface area contributed by atoms with Crippen LogP contribution in [0.3, 0.4) is 0 Å². The van der Waals surface area contributed by atoms with Crippen LogP contribution in [0.5, 0.6) is 0 Å². The average Bonchev–Trinajstić information content (AvgIpc) is 2.83. The lowest BCUT2D eigenvalue weighted by molar-refractivity contribution is -0.890. The first-order valence-corrected chi connectivity index (χ1v) is 7.06. The molecule has 1 aromatic rings. The van der Waals surface area contributed by atoms with Gasteiger partial charge in [-0.15, -0.1) is 0 Å². The molecule has 0 amide bonds. The fourth-order valence-electron chi connectivity index (χ4n) is 2.75. The van der Waals surface area contributed by atoms with Crippen molar-refractivity contribution in [3.05, 3.63) is 34.9 Å². The minimum atomic E-state index is 0.557. The monoisotopic (exact) mass is 254 g/mol. The van der Waals surface area contributed by atoms with E-state index in [-0.39, 0.29) is 0 Å². The Morgan fingerprint density at radius 1 is 1.35 bits per heavy atom. The SMILES string of the molecule is C[NH2+][C@@H](CC[NH+]1CCCC1)c1cccc(Cl)c1. The van der Waals surface area contributed by atoms with Crippen LogP contribution in [0.2, 0.25) is 5.02 Å². The number of rotatable bonds is 5. The van der Waals surface area contributed by atoms with Crippen LogP contribution in [0.25, 0.3) is 0 Å². The highest BCUT2D eigenvalue weighted by Gasteiger charge is 2.19. The molecule has 0 spiro atoms. The second kappa shape index (κ2) is 6.39. The van der Waals surface area contributed by atoms with E-state index in [0.717, 1.165) is 5.02 Å². The molecule has 0 unspecified atom stereocenters. The van der Waals surface area contributed by atoms with Crippen molar-refractivity contribution in [2.75, 3.05) is 26.7 Å². The van der Waals surface area contributed by atoms with Gasteiger partial charge in [0.1, 0.15) is 6.04 Å². The largest absolute Gasteiger partial charge is 0.342 e. The van der Waals surface area contributed by atoms with E-state index in [1.807, 2.05) is 6.07 Å². The van der Waals surface area contributed by atoms with Crippen LogP contribution < -0.4 is 10.2 Å². The van der Waals surface area contributed by atoms with Crippen LogP contribution in [-0.2, 0) is 0 Å². The zero-order chi connectivity index (χ0) is 12.1. The molecule has 0 bridgehead atoms. The molecule has 0 aromatic heterocycles. The number of hydrogen-bond donors (Lipinski definition) is 2. The summed E-state index contributed by atoms with van der Waals surface area (Å²) in [6, 6.07) is 8.85. The second-order valence-electron chi connectivity index (χ2n) is 4.99. The molecule has 1 saturated heterocycles. The summed E-state index contributed by atoms with van der Waals surface area (Å²) in [5.41, 5.74) is 1.36. The lowest BCUT2D eigenvalue weighted by Crippen LogP contribution is -3.10. The molecule has 0 saturated carbocycles. The number of quaternary nitrogens is 2. The number of nitrogens with one attached hydrogen (secondary N) is 1. The van der Waals surface area contributed by atoms with Gasteiger partial charge in [0.15, 0.2) is 0 Å². The van der Waals surface area contributed by atoms with Gasteiger partial charge in [0.05, 0.1) is 33.1 Å². The molecule has 2 nitrogen and oxygen atoms in total. The second-order valence-corrected chi connectivity index (χ2v) is 5.43. The summed E-state index contributed by atoms with van der Waals surface area (Å²) in [5, 5.41) is 3.16. The first-order chi connectivity index (χ1) is 8.29. The van der Waals surface area contributed by atoms with Crippen molar-refractivity contribution in [3.63, 3.8) is 0 Å². The van der Waals surface area contributed by atoms with Crippen molar-refractivity contribution in [2.24, 2.45) is 0 Å². The molecule has 1 aromatic carbocycles. The Hall–Kier alpha value is -0.570. The Balaban J connectivity index is 1.91. The Labute approximate surface area is 109 Å². The normalized spacial score (nSPS) is 18.5. The summed E-state index contributed by atoms with van der Waals surface area (Å²) in [7, 11) is 2.16. The minimum Gasteiger partial charge on any atom is -0.342 e. The number of hydrogen-bond acceptors (Lipinski definition) is 0. The fraction of sp³-hybridized carbons (Fsp3) is 0.571. The van der Waals surface area contributed by atoms with Gasteiger partial charge >= 0.3 is 0 Å². The first kappa shape index (κ1) is 12.9. The van der Waals surface area contributed by atoms with Crippen molar-refractivity contribution in [1.29, 1.82) is 0 Å². The highest BCUT2D eigenvalue weighted by atomic mass is 35.5. The van der Waals surface area contributed by atoms with Gasteiger partial charge in [-0.25, -0.2) is 0 Å². The summed E-state index contributed by atoms with van der Waals surface area (Å²) >= 11 is 6.05. The maximum Gasteiger partial charge on any atom is 0.117 e. The third kappa shape index (κ3) is 3.70. The van der Waals surface area contributed by atoms with Gasteiger partial charge in [-0.3, -0.25) is 0 Å². The highest BCUT2D eigenvalue weighted by Crippen LogP contribution is 2.16. The Kier molecular flexibility index (Phi) is 4.84. The molecule has 1 fully saturated rings. The van der Waals surface area contributed by atoms with Crippen LogP contribution in [0, 0.1) is 0 Å². The van der Waals surface area contributed by atoms with Crippen molar-refractivity contribution >= 4 is 11.6 Å². The Bertz CT molecular complexity index is 348. The maximum absolute atomic E-state index is 6.05. The summed E-state index contributed by atoms with van der Waals surface area (Å²) in [5.74, 6) is 0. The zero-order valence-electron chi connectivity index (χ0n) is 10.6. The van der Waals surface area contributed by atoms with E-state index in [1.54, 1.807) is 4.90 Å². The molecule has 2 rings (SSSR count). The van der Waals surface area contributed by atoms with Crippen molar-refractivity contribution in [2.45, 2.75) is 25.3 Å². The van der Waals surface area contributed by atoms with Crippen molar-refractivity contribution in [3.8, 4) is 0 Å². The third-order valence-corrected chi connectivity index (χ3v) is 4.03. The van der Waals surface area contributed by atoms with Gasteiger partial charge in [-0.05, 0) is 12.1 Å². The Morgan fingerprint density at radius 3 is 2.76 bits per heavy atom. The van der Waals surface area contributed by atoms with Gasteiger partial charge in [-0.2, -0.15) is 0 Å². The van der Waals surface area contributed by atoms with E-state index in [4.69, 9.17) is 11.6 Å². The average molecular weight is 255 g/mol. The van der Waals surface area contributed by atoms with E-state index in [9.17, 15) is 0 Å². The van der Waals surface area contributed by atoms with Crippen LogP contribution in [0.15, 0.2) is 24.3 Å². The standard InChI is InChI=1S/C14H21ClN2/c1-16-14(7-10-17-8-2-3-9-17)12-5-4-6-13(15)11-12/h4-6,11,14,16H,2-3,7-10H2,1H3/p+2/t14-/m0/s1. The quantitative estimate of drug-likeness (QED) is 0.770. The highest BCUT2D eigenvalue weighted by molar-refractivity contribution is 6.30. The molecular formula is C14H23ClN2+2. The molecule has 1 aliphatic heterocycles. The first-order valence-electron chi connectivity index (χ1n) is 6.68. The van der Waals surface area contributed by atoms with Crippen LogP contribution in [0.4, 0.5) is 0 Å². The third-order valence-electron chi connectivity index (χ3n) is 3.80. The molecule has 1 heterocycles. The van der Waals surface area contributed by atoms with Crippen LogP contribution >= 0.6 is 11.6 Å². The minimum absolute atomic E-state index is 0.557. The summed E-state index contributed by atoms with van der Waals surface area (Å²) in [6.45, 7) is 4.03. The topological polar surface area (TPSA) is 21.1 Å². The van der Waals surface area contributed by atoms with E-state index < -0.39 is 0 Å². The summed E-state index contributed by atoms with van der Waals surface area (Å²) < 4.78 is 0. The number of halogens is 1. The van der Waals surface area contributed by atoms with Gasteiger partial charge < -0.3 is 10.2 Å². The lowest BCUT2D eigenvalue weighted by Gasteiger charge is -2.17.